The Hall–Kier alpha value is -2.86. The average molecular weight is 433 g/mol. The number of piperidine rings is 1. The molecule has 0 spiro atoms. The topological polar surface area (TPSA) is 70.4 Å². The summed E-state index contributed by atoms with van der Waals surface area (Å²) < 4.78 is 2.48. The third kappa shape index (κ3) is 3.66. The molecule has 1 unspecified atom stereocenters. The highest BCUT2D eigenvalue weighted by Crippen LogP contribution is 2.39. The van der Waals surface area contributed by atoms with E-state index in [4.69, 9.17) is 4.98 Å². The van der Waals surface area contributed by atoms with Crippen LogP contribution in [0.15, 0.2) is 42.5 Å². The molecule has 0 aliphatic carbocycles. The minimum Gasteiger partial charge on any atom is -0.465 e. The maximum absolute atomic E-state index is 12.0. The molecule has 0 saturated carbocycles. The molecule has 1 fully saturated rings. The van der Waals surface area contributed by atoms with Gasteiger partial charge in [0.25, 0.3) is 0 Å². The summed E-state index contributed by atoms with van der Waals surface area (Å²) in [6, 6.07) is 15.1. The molecule has 0 radical (unpaired) electrons. The molecular weight excluding hydrogens is 400 g/mol. The molecule has 2 aliphatic heterocycles. The van der Waals surface area contributed by atoms with Crippen molar-refractivity contribution in [2.75, 3.05) is 18.0 Å². The Morgan fingerprint density at radius 1 is 1.16 bits per heavy atom. The minimum atomic E-state index is -0.881. The smallest absolute Gasteiger partial charge is 0.412 e. The summed E-state index contributed by atoms with van der Waals surface area (Å²) in [6.07, 6.45) is 3.93. The van der Waals surface area contributed by atoms with E-state index in [2.05, 4.69) is 53.2 Å². The van der Waals surface area contributed by atoms with Crippen molar-refractivity contribution in [2.24, 2.45) is 0 Å². The molecule has 0 bridgehead atoms. The van der Waals surface area contributed by atoms with E-state index in [1.54, 1.807) is 0 Å². The van der Waals surface area contributed by atoms with Crippen LogP contribution < -0.4 is 10.2 Å². The van der Waals surface area contributed by atoms with Crippen molar-refractivity contribution in [3.8, 4) is 0 Å². The lowest BCUT2D eigenvalue weighted by Gasteiger charge is -2.33. The number of rotatable bonds is 4. The second-order valence-corrected chi connectivity index (χ2v) is 9.38. The molecule has 6 heteroatoms. The number of aromatic nitrogens is 2. The van der Waals surface area contributed by atoms with E-state index >= 15 is 0 Å². The first kappa shape index (κ1) is 21.0. The quantitative estimate of drug-likeness (QED) is 0.600. The Kier molecular flexibility index (Phi) is 5.64. The summed E-state index contributed by atoms with van der Waals surface area (Å²) in [5.74, 6) is 1.40. The van der Waals surface area contributed by atoms with Gasteiger partial charge < -0.3 is 15.0 Å². The van der Waals surface area contributed by atoms with Crippen LogP contribution in [0.4, 0.5) is 10.5 Å². The number of aryl methyl sites for hydroxylation is 1. The predicted octanol–water partition coefficient (Wildman–Crippen LogP) is 5.13. The Morgan fingerprint density at radius 3 is 2.62 bits per heavy atom. The molecule has 1 saturated heterocycles. The largest absolute Gasteiger partial charge is 0.465 e. The molecule has 2 atom stereocenters. The number of nitrogens with zero attached hydrogens (tertiary/aromatic N) is 3. The van der Waals surface area contributed by atoms with Gasteiger partial charge in [-0.05, 0) is 69.8 Å². The van der Waals surface area contributed by atoms with Crippen LogP contribution in [-0.4, -0.2) is 39.9 Å². The molecule has 3 heterocycles. The summed E-state index contributed by atoms with van der Waals surface area (Å²) in [7, 11) is 0. The third-order valence-corrected chi connectivity index (χ3v) is 7.19. The molecule has 168 valence electrons. The number of imidazole rings is 1. The van der Waals surface area contributed by atoms with Crippen molar-refractivity contribution in [1.82, 2.24) is 14.9 Å². The van der Waals surface area contributed by atoms with Gasteiger partial charge in [0.2, 0.25) is 0 Å². The van der Waals surface area contributed by atoms with E-state index in [-0.39, 0.29) is 12.0 Å². The molecule has 1 aromatic heterocycles. The van der Waals surface area contributed by atoms with Gasteiger partial charge in [-0.2, -0.15) is 0 Å². The van der Waals surface area contributed by atoms with Crippen molar-refractivity contribution in [3.63, 3.8) is 0 Å². The van der Waals surface area contributed by atoms with Gasteiger partial charge in [-0.3, -0.25) is 4.90 Å². The number of benzene rings is 2. The number of fused-ring (bicyclic) bond motifs is 3. The van der Waals surface area contributed by atoms with Gasteiger partial charge in [-0.1, -0.05) is 37.3 Å². The van der Waals surface area contributed by atoms with E-state index in [1.165, 1.54) is 10.5 Å². The highest BCUT2D eigenvalue weighted by atomic mass is 16.4. The van der Waals surface area contributed by atoms with Crippen molar-refractivity contribution in [1.29, 1.82) is 0 Å². The minimum absolute atomic E-state index is 0.0135. The number of carboxylic acid groups (broad SMARTS) is 1. The van der Waals surface area contributed by atoms with E-state index in [0.717, 1.165) is 73.3 Å². The molecule has 3 aromatic rings. The lowest BCUT2D eigenvalue weighted by molar-refractivity contribution is 0.198. The summed E-state index contributed by atoms with van der Waals surface area (Å²) in [5.41, 5.74) is 5.36. The van der Waals surface area contributed by atoms with E-state index in [0.29, 0.717) is 6.04 Å². The van der Waals surface area contributed by atoms with Gasteiger partial charge in [-0.25, -0.2) is 9.78 Å². The zero-order valence-electron chi connectivity index (χ0n) is 18.9. The van der Waals surface area contributed by atoms with E-state index in [9.17, 15) is 9.90 Å². The average Bonchev–Trinajstić information content (AvgIpc) is 3.20. The van der Waals surface area contributed by atoms with Crippen molar-refractivity contribution >= 4 is 22.8 Å². The summed E-state index contributed by atoms with van der Waals surface area (Å²) >= 11 is 0. The second kappa shape index (κ2) is 8.58. The summed E-state index contributed by atoms with van der Waals surface area (Å²) in [6.45, 7) is 6.30. The molecule has 2 aromatic carbocycles. The molecule has 32 heavy (non-hydrogen) atoms. The zero-order valence-corrected chi connectivity index (χ0v) is 18.9. The van der Waals surface area contributed by atoms with Gasteiger partial charge in [0.05, 0.1) is 16.7 Å². The van der Waals surface area contributed by atoms with Gasteiger partial charge in [-0.15, -0.1) is 0 Å². The van der Waals surface area contributed by atoms with Crippen molar-refractivity contribution < 1.29 is 9.90 Å². The molecule has 2 aliphatic rings. The van der Waals surface area contributed by atoms with E-state index in [1.807, 2.05) is 13.0 Å². The Labute approximate surface area is 189 Å². The highest BCUT2D eigenvalue weighted by Gasteiger charge is 2.32. The molecule has 2 N–H and O–H groups in total. The number of hydrogen-bond acceptors (Lipinski definition) is 3. The van der Waals surface area contributed by atoms with Crippen LogP contribution in [0.3, 0.4) is 0 Å². The predicted molar refractivity (Wildman–Crippen MR) is 128 cm³/mol. The Bertz CT molecular complexity index is 1120. The fraction of sp³-hybridized carbons (Fsp3) is 0.462. The first-order chi connectivity index (χ1) is 15.5. The monoisotopic (exact) mass is 432 g/mol. The highest BCUT2D eigenvalue weighted by molar-refractivity contribution is 5.94. The SMILES string of the molecule is CC(Cc1ccccc1)c1nc2c3c(ccc2n1C1CCNCC1)N(C(=O)O)[C@@H](C)CC3. The van der Waals surface area contributed by atoms with Gasteiger partial charge in [0.15, 0.2) is 0 Å². The van der Waals surface area contributed by atoms with Crippen LogP contribution in [0.2, 0.25) is 0 Å². The van der Waals surface area contributed by atoms with E-state index < -0.39 is 6.09 Å². The molecule has 1 amide bonds. The number of amides is 1. The van der Waals surface area contributed by atoms with Crippen LogP contribution >= 0.6 is 0 Å². The fourth-order valence-corrected chi connectivity index (χ4v) is 5.56. The first-order valence-corrected chi connectivity index (χ1v) is 11.8. The van der Waals surface area contributed by atoms with Gasteiger partial charge in [0.1, 0.15) is 5.82 Å². The first-order valence-electron chi connectivity index (χ1n) is 11.8. The lowest BCUT2D eigenvalue weighted by atomic mass is 9.95. The van der Waals surface area contributed by atoms with Gasteiger partial charge in [0, 0.05) is 23.6 Å². The number of anilines is 1. The maximum Gasteiger partial charge on any atom is 0.412 e. The fourth-order valence-electron chi connectivity index (χ4n) is 5.56. The molecule has 5 rings (SSSR count). The number of hydrogen-bond donors (Lipinski definition) is 2. The number of carbonyl (C=O) groups is 1. The lowest BCUT2D eigenvalue weighted by Crippen LogP contribution is -2.41. The van der Waals surface area contributed by atoms with Crippen LogP contribution in [0.5, 0.6) is 0 Å². The van der Waals surface area contributed by atoms with Gasteiger partial charge >= 0.3 is 6.09 Å². The van der Waals surface area contributed by atoms with Crippen LogP contribution in [0.1, 0.15) is 62.0 Å². The standard InChI is InChI=1S/C26H32N4O2/c1-17(16-19-6-4-3-5-7-19)25-28-24-21-9-8-18(2)29(26(31)32)22(21)10-11-23(24)30(25)20-12-14-27-15-13-20/h3-7,10-11,17-18,20,27H,8-9,12-16H2,1-2H3,(H,31,32)/t17?,18-/m0/s1. The number of nitrogens with one attached hydrogen (secondary N) is 1. The normalized spacial score (nSPS) is 20.3. The summed E-state index contributed by atoms with van der Waals surface area (Å²) in [4.78, 5) is 18.7. The van der Waals surface area contributed by atoms with Crippen LogP contribution in [0.25, 0.3) is 11.0 Å². The zero-order chi connectivity index (χ0) is 22.2. The van der Waals surface area contributed by atoms with Crippen molar-refractivity contribution in [3.05, 3.63) is 59.4 Å². The van der Waals surface area contributed by atoms with Crippen LogP contribution in [-0.2, 0) is 12.8 Å². The molecule has 6 nitrogen and oxygen atoms in total. The van der Waals surface area contributed by atoms with Crippen molar-refractivity contribution in [2.45, 2.75) is 64.0 Å². The second-order valence-electron chi connectivity index (χ2n) is 9.38. The Morgan fingerprint density at radius 2 is 1.91 bits per heavy atom. The third-order valence-electron chi connectivity index (χ3n) is 7.19. The molecular formula is C26H32N4O2. The summed E-state index contributed by atoms with van der Waals surface area (Å²) in [5, 5.41) is 13.3. The maximum atomic E-state index is 12.0. The Balaban J connectivity index is 1.64. The van der Waals surface area contributed by atoms with Crippen LogP contribution in [0, 0.1) is 0 Å².